The fourth-order valence-electron chi connectivity index (χ4n) is 2.37. The zero-order valence-corrected chi connectivity index (χ0v) is 9.22. The van der Waals surface area contributed by atoms with Gasteiger partial charge in [0.2, 0.25) is 0 Å². The smallest absolute Gasteiger partial charge is 0.148 e. The zero-order chi connectivity index (χ0) is 10.3. The van der Waals surface area contributed by atoms with Crippen LogP contribution >= 0.6 is 0 Å². The quantitative estimate of drug-likeness (QED) is 0.757. The number of anilines is 1. The van der Waals surface area contributed by atoms with E-state index >= 15 is 0 Å². The lowest BCUT2D eigenvalue weighted by Crippen LogP contribution is -2.34. The minimum absolute atomic E-state index is 0.201. The summed E-state index contributed by atoms with van der Waals surface area (Å²) < 4.78 is 0. The number of nitrogens with one attached hydrogen (secondary N) is 1. The Bertz CT molecular complexity index is 334. The minimum atomic E-state index is 0.201. The molecule has 0 bridgehead atoms. The van der Waals surface area contributed by atoms with Crippen molar-refractivity contribution >= 4 is 5.82 Å². The second kappa shape index (κ2) is 3.01. The van der Waals surface area contributed by atoms with Crippen molar-refractivity contribution < 1.29 is 0 Å². The molecule has 3 heteroatoms. The molecule has 0 spiro atoms. The van der Waals surface area contributed by atoms with Gasteiger partial charge in [0, 0.05) is 16.7 Å². The third-order valence-corrected chi connectivity index (χ3v) is 3.82. The topological polar surface area (TPSA) is 54.7 Å². The third-order valence-electron chi connectivity index (χ3n) is 3.82. The summed E-state index contributed by atoms with van der Waals surface area (Å²) in [7, 11) is 0. The van der Waals surface area contributed by atoms with Gasteiger partial charge in [-0.2, -0.15) is 5.10 Å². The summed E-state index contributed by atoms with van der Waals surface area (Å²) in [4.78, 5) is 0. The predicted molar refractivity (Wildman–Crippen MR) is 58.1 cm³/mol. The van der Waals surface area contributed by atoms with Crippen molar-refractivity contribution in [2.24, 2.45) is 5.92 Å². The van der Waals surface area contributed by atoms with Crippen molar-refractivity contribution in [2.75, 3.05) is 5.73 Å². The van der Waals surface area contributed by atoms with Gasteiger partial charge in [0.1, 0.15) is 5.82 Å². The lowest BCUT2D eigenvalue weighted by molar-refractivity contribution is 0.189. The summed E-state index contributed by atoms with van der Waals surface area (Å²) in [5, 5.41) is 7.16. The van der Waals surface area contributed by atoms with Crippen LogP contribution in [0.5, 0.6) is 0 Å². The molecule has 0 aliphatic heterocycles. The first-order chi connectivity index (χ1) is 6.53. The zero-order valence-electron chi connectivity index (χ0n) is 9.22. The van der Waals surface area contributed by atoms with E-state index in [1.54, 1.807) is 0 Å². The van der Waals surface area contributed by atoms with Crippen molar-refractivity contribution in [3.63, 3.8) is 0 Å². The molecule has 2 rings (SSSR count). The molecular formula is C11H19N3. The predicted octanol–water partition coefficient (Wildman–Crippen LogP) is 2.38. The summed E-state index contributed by atoms with van der Waals surface area (Å²) >= 11 is 0. The van der Waals surface area contributed by atoms with E-state index in [2.05, 4.69) is 31.0 Å². The molecule has 0 saturated heterocycles. The van der Waals surface area contributed by atoms with Crippen LogP contribution in [0.2, 0.25) is 0 Å². The van der Waals surface area contributed by atoms with Gasteiger partial charge in [-0.05, 0) is 25.7 Å². The molecule has 0 radical (unpaired) electrons. The second-order valence-electron chi connectivity index (χ2n) is 4.96. The van der Waals surface area contributed by atoms with Gasteiger partial charge in [0.15, 0.2) is 0 Å². The van der Waals surface area contributed by atoms with Crippen molar-refractivity contribution in [3.8, 4) is 0 Å². The van der Waals surface area contributed by atoms with Gasteiger partial charge in [-0.1, -0.05) is 20.3 Å². The van der Waals surface area contributed by atoms with Gasteiger partial charge in [-0.3, -0.25) is 5.10 Å². The summed E-state index contributed by atoms with van der Waals surface area (Å²) in [6.45, 7) is 6.63. The number of nitrogens with two attached hydrogens (primary N) is 1. The number of rotatable bonds is 2. The van der Waals surface area contributed by atoms with Crippen LogP contribution < -0.4 is 5.73 Å². The van der Waals surface area contributed by atoms with Gasteiger partial charge in [0.25, 0.3) is 0 Å². The van der Waals surface area contributed by atoms with Gasteiger partial charge in [-0.15, -0.1) is 0 Å². The molecule has 3 N–H and O–H groups in total. The van der Waals surface area contributed by atoms with E-state index in [1.807, 2.05) is 0 Å². The van der Waals surface area contributed by atoms with E-state index in [4.69, 9.17) is 5.73 Å². The number of aromatic nitrogens is 2. The van der Waals surface area contributed by atoms with E-state index in [9.17, 15) is 0 Å². The molecule has 1 saturated carbocycles. The Balaban J connectivity index is 2.32. The highest BCUT2D eigenvalue weighted by atomic mass is 15.2. The molecule has 78 valence electrons. The van der Waals surface area contributed by atoms with Gasteiger partial charge < -0.3 is 5.73 Å². The Morgan fingerprint density at radius 3 is 2.43 bits per heavy atom. The average molecular weight is 193 g/mol. The molecule has 0 unspecified atom stereocenters. The van der Waals surface area contributed by atoms with Crippen LogP contribution in [0.1, 0.15) is 44.4 Å². The number of H-pyrrole nitrogens is 1. The average Bonchev–Trinajstić information content (AvgIpc) is 2.28. The fraction of sp³-hybridized carbons (Fsp3) is 0.727. The van der Waals surface area contributed by atoms with E-state index in [1.165, 1.54) is 25.0 Å². The lowest BCUT2D eigenvalue weighted by Gasteiger charge is -2.40. The normalized spacial score (nSPS) is 18.2. The maximum absolute atomic E-state index is 5.75. The van der Waals surface area contributed by atoms with E-state index in [0.29, 0.717) is 5.82 Å². The molecule has 1 fully saturated rings. The standard InChI is InChI=1S/C11H19N3/c1-7-9(13-14-10(7)12)11(2,3)8-5-4-6-8/h8H,4-6H2,1-3H3,(H3,12,13,14). The molecule has 0 amide bonds. The maximum Gasteiger partial charge on any atom is 0.148 e. The third kappa shape index (κ3) is 1.22. The number of nitrogens with zero attached hydrogens (tertiary/aromatic N) is 1. The second-order valence-corrected chi connectivity index (χ2v) is 4.96. The van der Waals surface area contributed by atoms with Crippen molar-refractivity contribution in [2.45, 2.75) is 45.4 Å². The molecule has 3 nitrogen and oxygen atoms in total. The Morgan fingerprint density at radius 2 is 2.07 bits per heavy atom. The molecule has 14 heavy (non-hydrogen) atoms. The Hall–Kier alpha value is -0.990. The highest BCUT2D eigenvalue weighted by Crippen LogP contribution is 2.44. The molecule has 1 aliphatic carbocycles. The largest absolute Gasteiger partial charge is 0.382 e. The summed E-state index contributed by atoms with van der Waals surface area (Å²) in [6.07, 6.45) is 4.05. The van der Waals surface area contributed by atoms with Crippen molar-refractivity contribution in [1.29, 1.82) is 0 Å². The van der Waals surface area contributed by atoms with E-state index in [-0.39, 0.29) is 5.41 Å². The Morgan fingerprint density at radius 1 is 1.43 bits per heavy atom. The molecule has 0 aromatic carbocycles. The first kappa shape index (κ1) is 9.56. The Labute approximate surface area is 85.1 Å². The molecule has 1 aliphatic rings. The van der Waals surface area contributed by atoms with Crippen LogP contribution in [0.15, 0.2) is 0 Å². The van der Waals surface area contributed by atoms with Crippen molar-refractivity contribution in [3.05, 3.63) is 11.3 Å². The van der Waals surface area contributed by atoms with Crippen LogP contribution in [0.3, 0.4) is 0 Å². The van der Waals surface area contributed by atoms with Gasteiger partial charge >= 0.3 is 0 Å². The monoisotopic (exact) mass is 193 g/mol. The van der Waals surface area contributed by atoms with E-state index < -0.39 is 0 Å². The first-order valence-electron chi connectivity index (χ1n) is 5.34. The fourth-order valence-corrected chi connectivity index (χ4v) is 2.37. The number of aromatic amines is 1. The summed E-state index contributed by atoms with van der Waals surface area (Å²) in [5.41, 5.74) is 8.30. The van der Waals surface area contributed by atoms with Crippen LogP contribution in [0.25, 0.3) is 0 Å². The van der Waals surface area contributed by atoms with Crippen LogP contribution in [0, 0.1) is 12.8 Å². The van der Waals surface area contributed by atoms with Crippen LogP contribution in [0.4, 0.5) is 5.82 Å². The first-order valence-corrected chi connectivity index (χ1v) is 5.34. The summed E-state index contributed by atoms with van der Waals surface area (Å²) in [5.74, 6) is 1.44. The Kier molecular flexibility index (Phi) is 2.05. The minimum Gasteiger partial charge on any atom is -0.382 e. The van der Waals surface area contributed by atoms with E-state index in [0.717, 1.165) is 11.5 Å². The number of hydrogen-bond acceptors (Lipinski definition) is 2. The highest BCUT2D eigenvalue weighted by Gasteiger charge is 2.37. The van der Waals surface area contributed by atoms with Gasteiger partial charge in [0.05, 0.1) is 0 Å². The molecule has 1 aromatic rings. The molecule has 1 heterocycles. The SMILES string of the molecule is Cc1c(N)n[nH]c1C(C)(C)C1CCC1. The molecule has 1 aromatic heterocycles. The van der Waals surface area contributed by atoms with Crippen molar-refractivity contribution in [1.82, 2.24) is 10.2 Å². The molecule has 0 atom stereocenters. The highest BCUT2D eigenvalue weighted by molar-refractivity contribution is 5.43. The maximum atomic E-state index is 5.75. The summed E-state index contributed by atoms with van der Waals surface area (Å²) in [6, 6.07) is 0. The van der Waals surface area contributed by atoms with Crippen LogP contribution in [-0.4, -0.2) is 10.2 Å². The number of nitrogen functional groups attached to an aromatic ring is 1. The van der Waals surface area contributed by atoms with Gasteiger partial charge in [-0.25, -0.2) is 0 Å². The van der Waals surface area contributed by atoms with Crippen LogP contribution in [-0.2, 0) is 5.41 Å². The molecular weight excluding hydrogens is 174 g/mol. The number of hydrogen-bond donors (Lipinski definition) is 2. The lowest BCUT2D eigenvalue weighted by atomic mass is 9.65.